The Bertz CT molecular complexity index is 1270. The normalized spacial score (nSPS) is 11.5. The number of nitrogens with zero attached hydrogens (tertiary/aromatic N) is 1. The number of nitrogens with one attached hydrogen (secondary N) is 3. The number of aryl methyl sites for hydroxylation is 1. The van der Waals surface area contributed by atoms with Crippen LogP contribution in [0.25, 0.3) is 11.3 Å². The molecule has 3 N–H and O–H groups in total. The molecule has 39 heavy (non-hydrogen) atoms. The van der Waals surface area contributed by atoms with Crippen molar-refractivity contribution in [2.75, 3.05) is 25.6 Å². The Kier molecular flexibility index (Phi) is 10.9. The van der Waals surface area contributed by atoms with Gasteiger partial charge in [0.1, 0.15) is 6.61 Å². The van der Waals surface area contributed by atoms with Crippen LogP contribution in [0.3, 0.4) is 0 Å². The third-order valence-corrected chi connectivity index (χ3v) is 5.71. The van der Waals surface area contributed by atoms with E-state index in [9.17, 15) is 23.2 Å². The highest BCUT2D eigenvalue weighted by atomic mass is 19.2. The first-order chi connectivity index (χ1) is 18.7. The molecule has 0 aliphatic heterocycles. The van der Waals surface area contributed by atoms with E-state index in [1.165, 1.54) is 19.2 Å². The summed E-state index contributed by atoms with van der Waals surface area (Å²) in [6, 6.07) is 12.4. The van der Waals surface area contributed by atoms with Crippen molar-refractivity contribution in [1.82, 2.24) is 15.8 Å². The maximum atomic E-state index is 13.8. The fourth-order valence-electron chi connectivity index (χ4n) is 3.52. The molecule has 0 aliphatic carbocycles. The monoisotopic (exact) mass is 544 g/mol. The Balaban J connectivity index is 1.49. The van der Waals surface area contributed by atoms with E-state index in [-0.39, 0.29) is 37.5 Å². The van der Waals surface area contributed by atoms with Crippen LogP contribution in [0.15, 0.2) is 53.1 Å². The van der Waals surface area contributed by atoms with E-state index in [2.05, 4.69) is 25.8 Å². The van der Waals surface area contributed by atoms with Crippen LogP contribution in [0, 0.1) is 18.6 Å². The molecule has 0 aliphatic rings. The SMILES string of the molecule is COC(=O)CCC[C@@H](COC(=O)Nc1cc(-c2ccc(C)cc2)on1)NCC(=O)NCc1cccc(F)c1F. The summed E-state index contributed by atoms with van der Waals surface area (Å²) in [7, 11) is 1.28. The Hall–Kier alpha value is -4.32. The summed E-state index contributed by atoms with van der Waals surface area (Å²) in [5.41, 5.74) is 1.90. The molecule has 0 fully saturated rings. The predicted octanol–water partition coefficient (Wildman–Crippen LogP) is 4.09. The summed E-state index contributed by atoms with van der Waals surface area (Å²) < 4.78 is 42.3. The molecular weight excluding hydrogens is 514 g/mol. The van der Waals surface area contributed by atoms with E-state index in [1.807, 2.05) is 31.2 Å². The van der Waals surface area contributed by atoms with Crippen molar-refractivity contribution >= 4 is 23.8 Å². The van der Waals surface area contributed by atoms with Crippen LogP contribution in [-0.2, 0) is 25.6 Å². The summed E-state index contributed by atoms with van der Waals surface area (Å²) in [6.07, 6.45) is 0.154. The van der Waals surface area contributed by atoms with Crippen LogP contribution in [0.4, 0.5) is 19.4 Å². The molecule has 0 unspecified atom stereocenters. The summed E-state index contributed by atoms with van der Waals surface area (Å²) >= 11 is 0. The highest BCUT2D eigenvalue weighted by Gasteiger charge is 2.17. The van der Waals surface area contributed by atoms with Gasteiger partial charge >= 0.3 is 12.1 Å². The first-order valence-corrected chi connectivity index (χ1v) is 12.2. The van der Waals surface area contributed by atoms with E-state index in [4.69, 9.17) is 9.26 Å². The lowest BCUT2D eigenvalue weighted by molar-refractivity contribution is -0.140. The average Bonchev–Trinajstić information content (AvgIpc) is 3.39. The van der Waals surface area contributed by atoms with Crippen LogP contribution < -0.4 is 16.0 Å². The number of esters is 1. The van der Waals surface area contributed by atoms with Crippen LogP contribution in [0.1, 0.15) is 30.4 Å². The molecule has 12 heteroatoms. The standard InChI is InChI=1S/C27H30F2N4O6/c1-17-9-11-18(12-10-17)22-13-23(33-39-22)32-27(36)38-16-20(6-4-8-25(35)37-2)30-15-24(34)31-14-19-5-3-7-21(28)26(19)29/h3,5,7,9-13,20,30H,4,6,8,14-16H2,1-2H3,(H,31,34)(H,32,33,36)/t20-/m0/s1. The van der Waals surface area contributed by atoms with Gasteiger partial charge < -0.3 is 24.6 Å². The van der Waals surface area contributed by atoms with Gasteiger partial charge in [-0.25, -0.2) is 13.6 Å². The van der Waals surface area contributed by atoms with Crippen molar-refractivity contribution in [2.24, 2.45) is 0 Å². The number of amides is 2. The van der Waals surface area contributed by atoms with Crippen molar-refractivity contribution in [3.63, 3.8) is 0 Å². The molecule has 0 saturated heterocycles. The van der Waals surface area contributed by atoms with E-state index < -0.39 is 35.6 Å². The van der Waals surface area contributed by atoms with E-state index in [0.29, 0.717) is 18.6 Å². The van der Waals surface area contributed by atoms with Crippen LogP contribution >= 0.6 is 0 Å². The largest absolute Gasteiger partial charge is 0.469 e. The molecule has 1 atom stereocenters. The smallest absolute Gasteiger partial charge is 0.412 e. The highest BCUT2D eigenvalue weighted by molar-refractivity contribution is 5.84. The Morgan fingerprint density at radius 1 is 1.10 bits per heavy atom. The van der Waals surface area contributed by atoms with Gasteiger partial charge in [0.05, 0.1) is 13.7 Å². The summed E-state index contributed by atoms with van der Waals surface area (Å²) in [5, 5.41) is 11.8. The first kappa shape index (κ1) is 29.2. The molecule has 0 bridgehead atoms. The lowest BCUT2D eigenvalue weighted by Gasteiger charge is -2.18. The molecule has 2 amide bonds. The third kappa shape index (κ3) is 9.49. The molecular formula is C27H30F2N4O6. The summed E-state index contributed by atoms with van der Waals surface area (Å²) in [4.78, 5) is 36.0. The maximum Gasteiger partial charge on any atom is 0.412 e. The fourth-order valence-corrected chi connectivity index (χ4v) is 3.52. The van der Waals surface area contributed by atoms with Gasteiger partial charge in [0.2, 0.25) is 5.91 Å². The van der Waals surface area contributed by atoms with Crippen molar-refractivity contribution < 1.29 is 37.2 Å². The van der Waals surface area contributed by atoms with Gasteiger partial charge in [-0.05, 0) is 25.8 Å². The van der Waals surface area contributed by atoms with Gasteiger partial charge in [0, 0.05) is 36.2 Å². The highest BCUT2D eigenvalue weighted by Crippen LogP contribution is 2.22. The number of methoxy groups -OCH3 is 1. The van der Waals surface area contributed by atoms with E-state index in [1.54, 1.807) is 6.07 Å². The zero-order valence-corrected chi connectivity index (χ0v) is 21.6. The number of halogens is 2. The molecule has 0 saturated carbocycles. The molecule has 0 radical (unpaired) electrons. The van der Waals surface area contributed by atoms with Crippen molar-refractivity contribution in [2.45, 2.75) is 38.8 Å². The molecule has 10 nitrogen and oxygen atoms in total. The second kappa shape index (κ2) is 14.6. The minimum absolute atomic E-state index is 0.0105. The number of carbonyl (C=O) groups excluding carboxylic acids is 3. The lowest BCUT2D eigenvalue weighted by Crippen LogP contribution is -2.42. The van der Waals surface area contributed by atoms with Crippen molar-refractivity contribution in [3.05, 3.63) is 71.3 Å². The lowest BCUT2D eigenvalue weighted by atomic mass is 10.1. The Morgan fingerprint density at radius 2 is 1.87 bits per heavy atom. The second-order valence-corrected chi connectivity index (χ2v) is 8.70. The quantitative estimate of drug-likeness (QED) is 0.274. The minimum atomic E-state index is -1.02. The Labute approximate surface area is 224 Å². The zero-order chi connectivity index (χ0) is 28.2. The molecule has 1 heterocycles. The number of hydrogen-bond acceptors (Lipinski definition) is 8. The van der Waals surface area contributed by atoms with Gasteiger partial charge in [-0.2, -0.15) is 0 Å². The molecule has 208 valence electrons. The maximum absolute atomic E-state index is 13.8. The molecule has 2 aromatic carbocycles. The number of anilines is 1. The Morgan fingerprint density at radius 3 is 2.62 bits per heavy atom. The molecule has 3 rings (SSSR count). The zero-order valence-electron chi connectivity index (χ0n) is 21.6. The van der Waals surface area contributed by atoms with E-state index >= 15 is 0 Å². The third-order valence-electron chi connectivity index (χ3n) is 5.71. The molecule has 0 spiro atoms. The van der Waals surface area contributed by atoms with Gasteiger partial charge in [-0.1, -0.05) is 47.1 Å². The number of rotatable bonds is 13. The number of ether oxygens (including phenoxy) is 2. The molecule has 1 aromatic heterocycles. The predicted molar refractivity (Wildman–Crippen MR) is 138 cm³/mol. The topological polar surface area (TPSA) is 132 Å². The summed E-state index contributed by atoms with van der Waals surface area (Å²) in [6.45, 7) is 1.46. The van der Waals surface area contributed by atoms with Crippen molar-refractivity contribution in [3.8, 4) is 11.3 Å². The average molecular weight is 545 g/mol. The van der Waals surface area contributed by atoms with Gasteiger partial charge in [0.15, 0.2) is 23.2 Å². The van der Waals surface area contributed by atoms with Crippen LogP contribution in [0.5, 0.6) is 0 Å². The molecule has 3 aromatic rings. The van der Waals surface area contributed by atoms with E-state index in [0.717, 1.165) is 17.2 Å². The fraction of sp³-hybridized carbons (Fsp3) is 0.333. The van der Waals surface area contributed by atoms with Gasteiger partial charge in [-0.15, -0.1) is 0 Å². The second-order valence-electron chi connectivity index (χ2n) is 8.70. The van der Waals surface area contributed by atoms with Gasteiger partial charge in [0.25, 0.3) is 0 Å². The summed E-state index contributed by atoms with van der Waals surface area (Å²) in [5.74, 6) is -2.27. The number of hydrogen-bond donors (Lipinski definition) is 3. The van der Waals surface area contributed by atoms with Crippen LogP contribution in [0.2, 0.25) is 0 Å². The number of aromatic nitrogens is 1. The first-order valence-electron chi connectivity index (χ1n) is 12.2. The van der Waals surface area contributed by atoms with Gasteiger partial charge in [-0.3, -0.25) is 14.9 Å². The van der Waals surface area contributed by atoms with Crippen molar-refractivity contribution in [1.29, 1.82) is 0 Å². The number of carbonyl (C=O) groups is 3. The minimum Gasteiger partial charge on any atom is -0.469 e. The number of benzene rings is 2. The van der Waals surface area contributed by atoms with Crippen LogP contribution in [-0.4, -0.2) is 49.4 Å².